The second-order valence-corrected chi connectivity index (χ2v) is 8.73. The minimum atomic E-state index is -0.230. The fourth-order valence-electron chi connectivity index (χ4n) is 3.79. The van der Waals surface area contributed by atoms with Gasteiger partial charge in [0, 0.05) is 26.7 Å². The zero-order valence-corrected chi connectivity index (χ0v) is 20.1. The average Bonchev–Trinajstić information content (AvgIpc) is 3.21. The van der Waals surface area contributed by atoms with Gasteiger partial charge in [0.25, 0.3) is 5.91 Å². The molecule has 4 aromatic carbocycles. The molecule has 1 aliphatic rings. The first kappa shape index (κ1) is 22.9. The zero-order valence-electron chi connectivity index (χ0n) is 18.6. The summed E-state index contributed by atoms with van der Waals surface area (Å²) in [6, 6.07) is 31.8. The molecule has 172 valence electrons. The molecule has 6 heteroatoms. The molecule has 0 saturated heterocycles. The van der Waals surface area contributed by atoms with E-state index < -0.39 is 0 Å². The summed E-state index contributed by atoms with van der Waals surface area (Å²) in [5, 5.41) is 7.27. The minimum Gasteiger partial charge on any atom is -0.488 e. The summed E-state index contributed by atoms with van der Waals surface area (Å²) in [6.45, 7) is 0.279. The van der Waals surface area contributed by atoms with Crippen molar-refractivity contribution in [2.24, 2.45) is 5.10 Å². The lowest BCUT2D eigenvalue weighted by molar-refractivity contribution is -0.114. The maximum absolute atomic E-state index is 13.6. The van der Waals surface area contributed by atoms with Gasteiger partial charge in [0.2, 0.25) is 0 Å². The first-order chi connectivity index (χ1) is 17.1. The molecule has 4 nitrogen and oxygen atoms in total. The maximum atomic E-state index is 13.6. The SMILES string of the molecule is O=C1/C(=C\c2cc(Cl)ccc2OCc2ccccc2Cl)C(c2ccccc2)=NN1c1ccccc1. The number of hydrogen-bond donors (Lipinski definition) is 0. The van der Waals surface area contributed by atoms with Gasteiger partial charge in [0.1, 0.15) is 18.1 Å². The Morgan fingerprint density at radius 3 is 2.26 bits per heavy atom. The molecule has 0 aromatic heterocycles. The first-order valence-electron chi connectivity index (χ1n) is 11.0. The lowest BCUT2D eigenvalue weighted by atomic mass is 10.00. The van der Waals surface area contributed by atoms with E-state index in [1.165, 1.54) is 5.01 Å². The number of rotatable bonds is 6. The largest absolute Gasteiger partial charge is 0.488 e. The number of nitrogens with zero attached hydrogens (tertiary/aromatic N) is 2. The number of hydrazone groups is 1. The van der Waals surface area contributed by atoms with Crippen molar-refractivity contribution in [1.82, 2.24) is 0 Å². The summed E-state index contributed by atoms with van der Waals surface area (Å²) >= 11 is 12.6. The Labute approximate surface area is 213 Å². The molecule has 0 aliphatic carbocycles. The first-order valence-corrected chi connectivity index (χ1v) is 11.8. The zero-order chi connectivity index (χ0) is 24.2. The van der Waals surface area contributed by atoms with Crippen LogP contribution in [-0.2, 0) is 11.4 Å². The molecule has 0 saturated carbocycles. The molecule has 0 fully saturated rings. The van der Waals surface area contributed by atoms with E-state index in [0.29, 0.717) is 38.3 Å². The standard InChI is InChI=1S/C29H20Cl2N2O2/c30-23-15-16-27(35-19-21-11-7-8-14-26(21)31)22(17-23)18-25-28(20-9-3-1-4-10-20)32-33(29(25)34)24-12-5-2-6-13-24/h1-18H,19H2/b25-18-. The summed E-state index contributed by atoms with van der Waals surface area (Å²) in [5.74, 6) is 0.354. The van der Waals surface area contributed by atoms with Crippen LogP contribution in [0.4, 0.5) is 5.69 Å². The molecule has 1 heterocycles. The number of halogens is 2. The van der Waals surface area contributed by atoms with Gasteiger partial charge in [-0.1, -0.05) is 89.9 Å². The molecule has 0 unspecified atom stereocenters. The van der Waals surface area contributed by atoms with E-state index in [9.17, 15) is 4.79 Å². The number of para-hydroxylation sites is 1. The van der Waals surface area contributed by atoms with Crippen molar-refractivity contribution in [3.05, 3.63) is 135 Å². The Bertz CT molecular complexity index is 1430. The molecular weight excluding hydrogens is 479 g/mol. The van der Waals surface area contributed by atoms with Crippen LogP contribution in [0.1, 0.15) is 16.7 Å². The predicted octanol–water partition coefficient (Wildman–Crippen LogP) is 7.41. The Morgan fingerprint density at radius 1 is 0.829 bits per heavy atom. The highest BCUT2D eigenvalue weighted by molar-refractivity contribution is 6.37. The third-order valence-electron chi connectivity index (χ3n) is 5.54. The Hall–Kier alpha value is -3.86. The van der Waals surface area contributed by atoms with Crippen molar-refractivity contribution in [2.45, 2.75) is 6.61 Å². The number of benzene rings is 4. The molecule has 0 spiro atoms. The van der Waals surface area contributed by atoms with Gasteiger partial charge >= 0.3 is 0 Å². The van der Waals surface area contributed by atoms with Gasteiger partial charge in [0.15, 0.2) is 0 Å². The van der Waals surface area contributed by atoms with Crippen molar-refractivity contribution in [2.75, 3.05) is 5.01 Å². The van der Waals surface area contributed by atoms with Crippen LogP contribution >= 0.6 is 23.2 Å². The average molecular weight is 499 g/mol. The van der Waals surface area contributed by atoms with Crippen molar-refractivity contribution in [1.29, 1.82) is 0 Å². The monoisotopic (exact) mass is 498 g/mol. The lowest BCUT2D eigenvalue weighted by Crippen LogP contribution is -2.21. The summed E-state index contributed by atoms with van der Waals surface area (Å²) in [5.41, 5.74) is 4.09. The predicted molar refractivity (Wildman–Crippen MR) is 142 cm³/mol. The van der Waals surface area contributed by atoms with Gasteiger partial charge in [0.05, 0.1) is 11.3 Å². The van der Waals surface area contributed by atoms with Gasteiger partial charge in [-0.2, -0.15) is 10.1 Å². The van der Waals surface area contributed by atoms with Crippen molar-refractivity contribution in [3.8, 4) is 5.75 Å². The van der Waals surface area contributed by atoms with Crippen LogP contribution in [0.2, 0.25) is 10.0 Å². The highest BCUT2D eigenvalue weighted by atomic mass is 35.5. The molecule has 0 atom stereocenters. The summed E-state index contributed by atoms with van der Waals surface area (Å²) < 4.78 is 6.10. The highest BCUT2D eigenvalue weighted by Crippen LogP contribution is 2.32. The summed E-state index contributed by atoms with van der Waals surface area (Å²) in [7, 11) is 0. The van der Waals surface area contributed by atoms with E-state index in [1.807, 2.05) is 84.9 Å². The third-order valence-corrected chi connectivity index (χ3v) is 6.14. The van der Waals surface area contributed by atoms with Crippen molar-refractivity contribution < 1.29 is 9.53 Å². The second kappa shape index (κ2) is 10.2. The van der Waals surface area contributed by atoms with Crippen LogP contribution < -0.4 is 9.75 Å². The molecule has 0 N–H and O–H groups in total. The molecule has 4 aromatic rings. The van der Waals surface area contributed by atoms with Crippen LogP contribution in [-0.4, -0.2) is 11.6 Å². The van der Waals surface area contributed by atoms with E-state index in [-0.39, 0.29) is 12.5 Å². The summed E-state index contributed by atoms with van der Waals surface area (Å²) in [4.78, 5) is 13.6. The topological polar surface area (TPSA) is 41.9 Å². The van der Waals surface area contributed by atoms with E-state index in [2.05, 4.69) is 5.10 Å². The number of hydrogen-bond acceptors (Lipinski definition) is 3. The molecule has 35 heavy (non-hydrogen) atoms. The number of ether oxygens (including phenoxy) is 1. The second-order valence-electron chi connectivity index (χ2n) is 7.89. The van der Waals surface area contributed by atoms with Gasteiger partial charge in [-0.3, -0.25) is 4.79 Å². The molecular formula is C29H20Cl2N2O2. The van der Waals surface area contributed by atoms with E-state index in [0.717, 1.165) is 11.1 Å². The van der Waals surface area contributed by atoms with E-state index >= 15 is 0 Å². The quantitative estimate of drug-likeness (QED) is 0.259. The fourth-order valence-corrected chi connectivity index (χ4v) is 4.16. The maximum Gasteiger partial charge on any atom is 0.281 e. The normalized spacial score (nSPS) is 14.3. The van der Waals surface area contributed by atoms with Crippen LogP contribution in [0, 0.1) is 0 Å². The van der Waals surface area contributed by atoms with Gasteiger partial charge < -0.3 is 4.74 Å². The number of carbonyl (C=O) groups excluding carboxylic acids is 1. The Balaban J connectivity index is 1.55. The Kier molecular flexibility index (Phi) is 6.66. The molecule has 5 rings (SSSR count). The highest BCUT2D eigenvalue weighted by Gasteiger charge is 2.32. The van der Waals surface area contributed by atoms with Crippen LogP contribution in [0.15, 0.2) is 114 Å². The lowest BCUT2D eigenvalue weighted by Gasteiger charge is -2.12. The van der Waals surface area contributed by atoms with Gasteiger partial charge in [-0.25, -0.2) is 0 Å². The molecule has 0 radical (unpaired) electrons. The minimum absolute atomic E-state index is 0.230. The van der Waals surface area contributed by atoms with Crippen LogP contribution in [0.25, 0.3) is 6.08 Å². The number of anilines is 1. The van der Waals surface area contributed by atoms with E-state index in [1.54, 1.807) is 24.3 Å². The van der Waals surface area contributed by atoms with Gasteiger partial charge in [-0.15, -0.1) is 0 Å². The fraction of sp³-hybridized carbons (Fsp3) is 0.0345. The molecule has 0 bridgehead atoms. The number of carbonyl (C=O) groups is 1. The van der Waals surface area contributed by atoms with Crippen LogP contribution in [0.5, 0.6) is 5.75 Å². The number of amides is 1. The third kappa shape index (κ3) is 4.99. The molecule has 1 aliphatic heterocycles. The van der Waals surface area contributed by atoms with Crippen molar-refractivity contribution >= 4 is 46.6 Å². The van der Waals surface area contributed by atoms with Crippen LogP contribution in [0.3, 0.4) is 0 Å². The van der Waals surface area contributed by atoms with Gasteiger partial charge in [-0.05, 0) is 42.5 Å². The van der Waals surface area contributed by atoms with Crippen molar-refractivity contribution in [3.63, 3.8) is 0 Å². The Morgan fingerprint density at radius 2 is 1.51 bits per heavy atom. The summed E-state index contributed by atoms with van der Waals surface area (Å²) in [6.07, 6.45) is 1.78. The smallest absolute Gasteiger partial charge is 0.281 e. The van der Waals surface area contributed by atoms with E-state index in [4.69, 9.17) is 27.9 Å². The molecule has 1 amide bonds.